The molecule has 2 aromatic rings. The zero-order valence-electron chi connectivity index (χ0n) is 11.2. The number of aliphatic hydroxyl groups is 1. The molecule has 0 aliphatic heterocycles. The Kier molecular flexibility index (Phi) is 4.92. The number of nitrogens with one attached hydrogen (secondary N) is 1. The number of thiazole rings is 1. The van der Waals surface area contributed by atoms with Gasteiger partial charge in [0.1, 0.15) is 9.90 Å². The number of hydrogen-bond acceptors (Lipinski definition) is 6. The summed E-state index contributed by atoms with van der Waals surface area (Å²) in [6, 6.07) is -0.342. The summed E-state index contributed by atoms with van der Waals surface area (Å²) < 4.78 is 27.7. The van der Waals surface area contributed by atoms with Crippen molar-refractivity contribution in [3.63, 3.8) is 0 Å². The average Bonchev–Trinajstić information content (AvgIpc) is 3.05. The monoisotopic (exact) mass is 332 g/mol. The van der Waals surface area contributed by atoms with E-state index in [1.807, 2.05) is 12.3 Å². The molecule has 0 spiro atoms. The molecule has 20 heavy (non-hydrogen) atoms. The van der Waals surface area contributed by atoms with Gasteiger partial charge >= 0.3 is 0 Å². The lowest BCUT2D eigenvalue weighted by atomic mass is 10.3. The van der Waals surface area contributed by atoms with Crippen molar-refractivity contribution >= 4 is 32.7 Å². The molecule has 2 aromatic heterocycles. The Labute approximate surface area is 126 Å². The van der Waals surface area contributed by atoms with E-state index in [2.05, 4.69) is 9.71 Å². The number of thiophene rings is 1. The van der Waals surface area contributed by atoms with Crippen LogP contribution in [0.3, 0.4) is 0 Å². The summed E-state index contributed by atoms with van der Waals surface area (Å²) in [5, 5.41) is 13.6. The summed E-state index contributed by atoms with van der Waals surface area (Å²) in [5.74, 6) is 0. The van der Waals surface area contributed by atoms with E-state index < -0.39 is 10.0 Å². The van der Waals surface area contributed by atoms with E-state index in [1.54, 1.807) is 18.5 Å². The van der Waals surface area contributed by atoms with E-state index in [1.165, 1.54) is 22.7 Å². The Morgan fingerprint density at radius 1 is 1.45 bits per heavy atom. The third-order valence-electron chi connectivity index (χ3n) is 2.86. The van der Waals surface area contributed by atoms with Crippen molar-refractivity contribution in [3.05, 3.63) is 32.4 Å². The lowest BCUT2D eigenvalue weighted by Crippen LogP contribution is -2.29. The van der Waals surface area contributed by atoms with E-state index in [0.717, 1.165) is 5.01 Å². The van der Waals surface area contributed by atoms with Gasteiger partial charge in [0.2, 0.25) is 10.0 Å². The highest BCUT2D eigenvalue weighted by Crippen LogP contribution is 2.29. The molecule has 2 rings (SSSR count). The molecule has 0 aromatic carbocycles. The van der Waals surface area contributed by atoms with Gasteiger partial charge in [-0.1, -0.05) is 6.92 Å². The van der Waals surface area contributed by atoms with Crippen LogP contribution in [0.2, 0.25) is 0 Å². The molecule has 2 heterocycles. The molecular weight excluding hydrogens is 316 g/mol. The van der Waals surface area contributed by atoms with Crippen LogP contribution in [-0.2, 0) is 16.6 Å². The quantitative estimate of drug-likeness (QED) is 0.851. The highest BCUT2D eigenvalue weighted by Gasteiger charge is 2.26. The molecule has 0 bridgehead atoms. The van der Waals surface area contributed by atoms with Crippen molar-refractivity contribution in [1.29, 1.82) is 0 Å². The van der Waals surface area contributed by atoms with Gasteiger partial charge in [-0.15, -0.1) is 22.7 Å². The zero-order valence-corrected chi connectivity index (χ0v) is 13.6. The second-order valence-electron chi connectivity index (χ2n) is 4.28. The van der Waals surface area contributed by atoms with Gasteiger partial charge in [-0.3, -0.25) is 0 Å². The molecule has 5 nitrogen and oxygen atoms in total. The summed E-state index contributed by atoms with van der Waals surface area (Å²) >= 11 is 2.68. The number of sulfonamides is 1. The molecule has 0 saturated carbocycles. The lowest BCUT2D eigenvalue weighted by Gasteiger charge is -2.15. The minimum Gasteiger partial charge on any atom is -0.391 e. The van der Waals surface area contributed by atoms with E-state index in [9.17, 15) is 13.5 Å². The highest BCUT2D eigenvalue weighted by molar-refractivity contribution is 7.89. The average molecular weight is 332 g/mol. The van der Waals surface area contributed by atoms with Gasteiger partial charge in [-0.05, 0) is 24.3 Å². The van der Waals surface area contributed by atoms with Crippen molar-refractivity contribution in [2.75, 3.05) is 0 Å². The van der Waals surface area contributed by atoms with Crippen LogP contribution >= 0.6 is 22.7 Å². The van der Waals surface area contributed by atoms with Crippen molar-refractivity contribution in [2.24, 2.45) is 0 Å². The molecule has 8 heteroatoms. The van der Waals surface area contributed by atoms with Crippen LogP contribution in [0.25, 0.3) is 0 Å². The Bertz CT molecular complexity index is 662. The lowest BCUT2D eigenvalue weighted by molar-refractivity contribution is 0.282. The molecule has 2 N–H and O–H groups in total. The fraction of sp³-hybridized carbons (Fsp3) is 0.417. The minimum absolute atomic E-state index is 0.194. The summed E-state index contributed by atoms with van der Waals surface area (Å²) in [6.07, 6.45) is 2.27. The maximum absolute atomic E-state index is 12.5. The minimum atomic E-state index is -3.66. The molecule has 0 saturated heterocycles. The predicted molar refractivity (Wildman–Crippen MR) is 80.4 cm³/mol. The molecule has 0 amide bonds. The molecule has 0 aliphatic rings. The van der Waals surface area contributed by atoms with Crippen LogP contribution in [0.1, 0.15) is 34.8 Å². The van der Waals surface area contributed by atoms with Crippen LogP contribution < -0.4 is 4.72 Å². The van der Waals surface area contributed by atoms with Crippen LogP contribution in [0.5, 0.6) is 0 Å². The fourth-order valence-corrected chi connectivity index (χ4v) is 5.71. The first-order chi connectivity index (χ1) is 9.49. The highest BCUT2D eigenvalue weighted by atomic mass is 32.2. The van der Waals surface area contributed by atoms with Crippen molar-refractivity contribution in [2.45, 2.75) is 37.8 Å². The van der Waals surface area contributed by atoms with Crippen LogP contribution in [0.15, 0.2) is 21.9 Å². The Morgan fingerprint density at radius 3 is 2.75 bits per heavy atom. The third kappa shape index (κ3) is 3.09. The van der Waals surface area contributed by atoms with Crippen molar-refractivity contribution in [3.8, 4) is 0 Å². The number of nitrogens with zero attached hydrogens (tertiary/aromatic N) is 1. The van der Waals surface area contributed by atoms with Crippen LogP contribution in [0.4, 0.5) is 0 Å². The van der Waals surface area contributed by atoms with Crippen LogP contribution in [0, 0.1) is 6.92 Å². The number of aliphatic hydroxyl groups excluding tert-OH is 1. The second kappa shape index (κ2) is 6.31. The maximum atomic E-state index is 12.5. The van der Waals surface area contributed by atoms with Gasteiger partial charge < -0.3 is 5.11 Å². The van der Waals surface area contributed by atoms with E-state index in [4.69, 9.17) is 0 Å². The smallest absolute Gasteiger partial charge is 0.242 e. The van der Waals surface area contributed by atoms with E-state index >= 15 is 0 Å². The van der Waals surface area contributed by atoms with Gasteiger partial charge in [0.25, 0.3) is 0 Å². The Hall–Kier alpha value is -0.800. The first-order valence-electron chi connectivity index (χ1n) is 6.09. The summed E-state index contributed by atoms with van der Waals surface area (Å²) in [7, 11) is -3.66. The van der Waals surface area contributed by atoms with Crippen molar-refractivity contribution in [1.82, 2.24) is 9.71 Å². The van der Waals surface area contributed by atoms with E-state index in [-0.39, 0.29) is 17.5 Å². The van der Waals surface area contributed by atoms with Gasteiger partial charge in [0.15, 0.2) is 0 Å². The zero-order chi connectivity index (χ0) is 14.8. The van der Waals surface area contributed by atoms with E-state index in [0.29, 0.717) is 16.9 Å². The summed E-state index contributed by atoms with van der Waals surface area (Å²) in [5.41, 5.74) is 0.653. The standard InChI is InChI=1S/C12H16N2O3S3/c1-3-9(12-13-4-5-18-12)14-20(16,17)11-8(2)7-19-10(11)6-15/h4-5,7,9,14-15H,3,6H2,1-2H3. The molecule has 1 unspecified atom stereocenters. The number of aryl methyl sites for hydroxylation is 1. The van der Waals surface area contributed by atoms with Gasteiger partial charge in [0.05, 0.1) is 17.5 Å². The topological polar surface area (TPSA) is 79.3 Å². The van der Waals surface area contributed by atoms with Gasteiger partial charge in [-0.25, -0.2) is 18.1 Å². The SMILES string of the molecule is CCC(NS(=O)(=O)c1c(C)csc1CO)c1nccs1. The molecule has 0 fully saturated rings. The number of rotatable bonds is 6. The predicted octanol–water partition coefficient (Wildman–Crippen LogP) is 2.43. The van der Waals surface area contributed by atoms with Gasteiger partial charge in [0, 0.05) is 11.6 Å². The third-order valence-corrected chi connectivity index (χ3v) is 6.67. The summed E-state index contributed by atoms with van der Waals surface area (Å²) in [6.45, 7) is 3.36. The van der Waals surface area contributed by atoms with Gasteiger partial charge in [-0.2, -0.15) is 0 Å². The molecule has 1 atom stereocenters. The normalized spacial score (nSPS) is 13.6. The largest absolute Gasteiger partial charge is 0.391 e. The molecule has 0 radical (unpaired) electrons. The van der Waals surface area contributed by atoms with Crippen LogP contribution in [-0.4, -0.2) is 18.5 Å². The number of aromatic nitrogens is 1. The molecule has 0 aliphatic carbocycles. The Morgan fingerprint density at radius 2 is 2.20 bits per heavy atom. The van der Waals surface area contributed by atoms with Crippen molar-refractivity contribution < 1.29 is 13.5 Å². The maximum Gasteiger partial charge on any atom is 0.242 e. The summed E-state index contributed by atoms with van der Waals surface area (Å²) in [4.78, 5) is 4.82. The second-order valence-corrected chi connectivity index (χ2v) is 7.82. The fourth-order valence-electron chi connectivity index (χ4n) is 1.92. The molecule has 110 valence electrons. The molecular formula is C12H16N2O3S3. The first kappa shape index (κ1) is 15.6. The Balaban J connectivity index is 2.33. The first-order valence-corrected chi connectivity index (χ1v) is 9.33. The number of hydrogen-bond donors (Lipinski definition) is 2.